The minimum Gasteiger partial charge on any atom is -0.480 e. The molecule has 0 saturated heterocycles. The van der Waals surface area contributed by atoms with Crippen molar-refractivity contribution in [3.05, 3.63) is 54.6 Å². The van der Waals surface area contributed by atoms with E-state index in [-0.39, 0.29) is 12.5 Å². The minimum absolute atomic E-state index is 0.0323. The molecule has 0 aliphatic rings. The van der Waals surface area contributed by atoms with E-state index in [9.17, 15) is 14.7 Å². The molecule has 0 radical (unpaired) electrons. The summed E-state index contributed by atoms with van der Waals surface area (Å²) in [5, 5.41) is 14.7. The molecule has 0 aromatic heterocycles. The number of carboxylic acid groups (broad SMARTS) is 1. The number of nitrogens with one attached hydrogen (secondary N) is 2. The number of anilines is 1. The molecule has 0 spiro atoms. The first kappa shape index (κ1) is 20.3. The number of carboxylic acids is 1. The summed E-state index contributed by atoms with van der Waals surface area (Å²) in [5.74, 6) is -0.0749. The van der Waals surface area contributed by atoms with Gasteiger partial charge >= 0.3 is 5.97 Å². The van der Waals surface area contributed by atoms with Gasteiger partial charge in [0.2, 0.25) is 5.91 Å². The Bertz CT molecular complexity index is 737. The van der Waals surface area contributed by atoms with Gasteiger partial charge in [0.15, 0.2) is 0 Å². The molecular formula is C20H25N3O4. The second kappa shape index (κ2) is 10.8. The average Bonchev–Trinajstić information content (AvgIpc) is 2.67. The Morgan fingerprint density at radius 3 is 2.48 bits per heavy atom. The molecule has 2 aromatic rings. The van der Waals surface area contributed by atoms with Crippen LogP contribution in [0.3, 0.4) is 0 Å². The smallest absolute Gasteiger partial charge is 0.326 e. The number of aliphatic carboxylic acids is 1. The van der Waals surface area contributed by atoms with Gasteiger partial charge < -0.3 is 26.2 Å². The molecule has 5 N–H and O–H groups in total. The zero-order valence-electron chi connectivity index (χ0n) is 15.1. The van der Waals surface area contributed by atoms with Crippen molar-refractivity contribution in [2.45, 2.75) is 25.3 Å². The van der Waals surface area contributed by atoms with E-state index in [1.807, 2.05) is 42.5 Å². The second-order valence-electron chi connectivity index (χ2n) is 6.04. The van der Waals surface area contributed by atoms with Crippen LogP contribution in [0.4, 0.5) is 5.69 Å². The molecule has 1 atom stereocenters. The first-order valence-electron chi connectivity index (χ1n) is 8.87. The Hall–Kier alpha value is -3.06. The highest BCUT2D eigenvalue weighted by atomic mass is 16.5. The van der Waals surface area contributed by atoms with E-state index < -0.39 is 12.0 Å². The van der Waals surface area contributed by atoms with Crippen LogP contribution in [0.5, 0.6) is 11.5 Å². The van der Waals surface area contributed by atoms with E-state index in [4.69, 9.17) is 10.5 Å². The van der Waals surface area contributed by atoms with Crippen LogP contribution in [0.15, 0.2) is 54.6 Å². The fourth-order valence-corrected chi connectivity index (χ4v) is 2.47. The normalized spacial score (nSPS) is 11.4. The minimum atomic E-state index is -1.04. The second-order valence-corrected chi connectivity index (χ2v) is 6.04. The number of nitrogens with two attached hydrogens (primary N) is 1. The molecular weight excluding hydrogens is 346 g/mol. The Kier molecular flexibility index (Phi) is 8.12. The third kappa shape index (κ3) is 7.37. The predicted molar refractivity (Wildman–Crippen MR) is 104 cm³/mol. The lowest BCUT2D eigenvalue weighted by Crippen LogP contribution is -2.43. The number of hydrogen-bond donors (Lipinski definition) is 4. The number of carbonyl (C=O) groups excluding carboxylic acids is 1. The number of hydrogen-bond acceptors (Lipinski definition) is 5. The van der Waals surface area contributed by atoms with Gasteiger partial charge in [-0.2, -0.15) is 0 Å². The van der Waals surface area contributed by atoms with Crippen molar-refractivity contribution in [3.63, 3.8) is 0 Å². The summed E-state index contributed by atoms with van der Waals surface area (Å²) >= 11 is 0. The van der Waals surface area contributed by atoms with Crippen molar-refractivity contribution in [3.8, 4) is 11.5 Å². The maximum Gasteiger partial charge on any atom is 0.326 e. The van der Waals surface area contributed by atoms with Gasteiger partial charge in [-0.05, 0) is 50.1 Å². The summed E-state index contributed by atoms with van der Waals surface area (Å²) in [6.07, 6.45) is 1.74. The summed E-state index contributed by atoms with van der Waals surface area (Å²) in [7, 11) is 0. The fourth-order valence-electron chi connectivity index (χ4n) is 2.47. The highest BCUT2D eigenvalue weighted by Crippen LogP contribution is 2.23. The van der Waals surface area contributed by atoms with Gasteiger partial charge in [-0.3, -0.25) is 4.79 Å². The molecule has 1 amide bonds. The molecule has 0 bridgehead atoms. The molecule has 1 unspecified atom stereocenters. The van der Waals surface area contributed by atoms with E-state index in [0.717, 1.165) is 6.42 Å². The first-order chi connectivity index (χ1) is 13.1. The summed E-state index contributed by atoms with van der Waals surface area (Å²) < 4.78 is 5.75. The third-order valence-electron chi connectivity index (χ3n) is 3.85. The summed E-state index contributed by atoms with van der Waals surface area (Å²) in [6, 6.07) is 15.7. The van der Waals surface area contributed by atoms with Crippen LogP contribution >= 0.6 is 0 Å². The zero-order valence-corrected chi connectivity index (χ0v) is 15.1. The predicted octanol–water partition coefficient (Wildman–Crippen LogP) is 2.59. The molecule has 27 heavy (non-hydrogen) atoms. The van der Waals surface area contributed by atoms with E-state index in [0.29, 0.717) is 36.6 Å². The van der Waals surface area contributed by atoms with E-state index in [1.54, 1.807) is 12.1 Å². The molecule has 0 fully saturated rings. The number of benzene rings is 2. The van der Waals surface area contributed by atoms with Gasteiger partial charge in [-0.15, -0.1) is 0 Å². The molecule has 144 valence electrons. The van der Waals surface area contributed by atoms with Gasteiger partial charge in [0.25, 0.3) is 0 Å². The maximum atomic E-state index is 12.0. The van der Waals surface area contributed by atoms with Crippen LogP contribution < -0.4 is 21.1 Å². The highest BCUT2D eigenvalue weighted by Gasteiger charge is 2.19. The fraction of sp³-hybridized carbons (Fsp3) is 0.300. The summed E-state index contributed by atoms with van der Waals surface area (Å²) in [5.41, 5.74) is 6.11. The number of ether oxygens (including phenoxy) is 1. The largest absolute Gasteiger partial charge is 0.480 e. The van der Waals surface area contributed by atoms with Crippen LogP contribution in [0.2, 0.25) is 0 Å². The number of amides is 1. The van der Waals surface area contributed by atoms with Crippen molar-refractivity contribution in [2.75, 3.05) is 18.4 Å². The Morgan fingerprint density at radius 1 is 1.04 bits per heavy atom. The summed E-state index contributed by atoms with van der Waals surface area (Å²) in [4.78, 5) is 23.3. The third-order valence-corrected chi connectivity index (χ3v) is 3.85. The van der Waals surface area contributed by atoms with Crippen molar-refractivity contribution < 1.29 is 19.4 Å². The monoisotopic (exact) mass is 371 g/mol. The number of carbonyl (C=O) groups is 2. The molecule has 0 heterocycles. The molecule has 0 aliphatic heterocycles. The SMILES string of the molecule is NCCCCC(NC(=O)CNc1cccc(Oc2ccccc2)c1)C(=O)O. The van der Waals surface area contributed by atoms with Crippen LogP contribution in [-0.4, -0.2) is 36.1 Å². The van der Waals surface area contributed by atoms with Crippen LogP contribution in [0.1, 0.15) is 19.3 Å². The zero-order chi connectivity index (χ0) is 19.5. The lowest BCUT2D eigenvalue weighted by Gasteiger charge is -2.15. The van der Waals surface area contributed by atoms with Gasteiger partial charge in [0.1, 0.15) is 17.5 Å². The van der Waals surface area contributed by atoms with Crippen LogP contribution in [0.25, 0.3) is 0 Å². The summed E-state index contributed by atoms with van der Waals surface area (Å²) in [6.45, 7) is 0.471. The Morgan fingerprint density at radius 2 is 1.78 bits per heavy atom. The van der Waals surface area contributed by atoms with Crippen molar-refractivity contribution in [1.29, 1.82) is 0 Å². The number of para-hydroxylation sites is 1. The quantitative estimate of drug-likeness (QED) is 0.452. The highest BCUT2D eigenvalue weighted by molar-refractivity contribution is 5.86. The van der Waals surface area contributed by atoms with Gasteiger partial charge in [0, 0.05) is 11.8 Å². The molecule has 0 aliphatic carbocycles. The van der Waals surface area contributed by atoms with Crippen molar-refractivity contribution in [1.82, 2.24) is 5.32 Å². The van der Waals surface area contributed by atoms with Gasteiger partial charge in [0.05, 0.1) is 6.54 Å². The molecule has 7 nitrogen and oxygen atoms in total. The molecule has 2 aromatic carbocycles. The first-order valence-corrected chi connectivity index (χ1v) is 8.87. The Balaban J connectivity index is 1.85. The van der Waals surface area contributed by atoms with Crippen LogP contribution in [0, 0.1) is 0 Å². The van der Waals surface area contributed by atoms with Gasteiger partial charge in [-0.1, -0.05) is 24.3 Å². The van der Waals surface area contributed by atoms with E-state index >= 15 is 0 Å². The van der Waals surface area contributed by atoms with E-state index in [1.165, 1.54) is 0 Å². The maximum absolute atomic E-state index is 12.0. The van der Waals surface area contributed by atoms with Crippen molar-refractivity contribution in [2.24, 2.45) is 5.73 Å². The lowest BCUT2D eigenvalue weighted by molar-refractivity contribution is -0.141. The van der Waals surface area contributed by atoms with Crippen molar-refractivity contribution >= 4 is 17.6 Å². The topological polar surface area (TPSA) is 114 Å². The van der Waals surface area contributed by atoms with E-state index in [2.05, 4.69) is 10.6 Å². The molecule has 7 heteroatoms. The standard InChI is InChI=1S/C20H25N3O4/c21-12-5-4-11-18(20(25)26)23-19(24)14-22-15-7-6-10-17(13-15)27-16-8-2-1-3-9-16/h1-3,6-10,13,18,22H,4-5,11-12,14,21H2,(H,23,24)(H,25,26). The average molecular weight is 371 g/mol. The lowest BCUT2D eigenvalue weighted by atomic mass is 10.1. The number of unbranched alkanes of at least 4 members (excludes halogenated alkanes) is 1. The number of rotatable bonds is 11. The Labute approximate surface area is 158 Å². The van der Waals surface area contributed by atoms with Gasteiger partial charge in [-0.25, -0.2) is 4.79 Å². The molecule has 0 saturated carbocycles. The van der Waals surface area contributed by atoms with Crippen LogP contribution in [-0.2, 0) is 9.59 Å². The molecule has 2 rings (SSSR count).